The summed E-state index contributed by atoms with van der Waals surface area (Å²) < 4.78 is 30.8. The van der Waals surface area contributed by atoms with Crippen LogP contribution in [0.5, 0.6) is 5.88 Å². The number of imidazole rings is 1. The Morgan fingerprint density at radius 2 is 1.96 bits per heavy atom. The van der Waals surface area contributed by atoms with E-state index in [0.717, 1.165) is 11.2 Å². The van der Waals surface area contributed by atoms with E-state index in [1.807, 2.05) is 19.9 Å². The van der Waals surface area contributed by atoms with Crippen molar-refractivity contribution in [2.24, 2.45) is 10.6 Å². The van der Waals surface area contributed by atoms with E-state index < -0.39 is 15.4 Å². The Kier molecular flexibility index (Phi) is 7.22. The smallest absolute Gasteiger partial charge is 0.235 e. The average molecular weight is 391 g/mol. The normalized spacial score (nSPS) is 12.4. The summed E-state index contributed by atoms with van der Waals surface area (Å²) in [5, 5.41) is 9.74. The molecule has 0 aliphatic heterocycles. The standard InChI is InChI=1S/C16H26N4O3S.ClH/c1-5-16(6-2,11-24(17,21)22)10-23-15-13(12(3)4)9-14-18-7-8-20(14)19-15;/h7-9,12H,5-6,10-11H2,1-4H3,(H2,17,21,22);1H. The van der Waals surface area contributed by atoms with Crippen LogP contribution < -0.4 is 9.88 Å². The molecule has 0 amide bonds. The van der Waals surface area contributed by atoms with Crippen molar-refractivity contribution in [3.63, 3.8) is 0 Å². The molecule has 25 heavy (non-hydrogen) atoms. The first kappa shape index (κ1) is 21.7. The van der Waals surface area contributed by atoms with Gasteiger partial charge < -0.3 is 4.74 Å². The molecule has 2 rings (SSSR count). The average Bonchev–Trinajstić information content (AvgIpc) is 2.96. The third kappa shape index (κ3) is 5.29. The molecule has 0 saturated heterocycles. The number of sulfonamides is 1. The first-order valence-electron chi connectivity index (χ1n) is 8.17. The summed E-state index contributed by atoms with van der Waals surface area (Å²) in [5.41, 5.74) is 1.19. The van der Waals surface area contributed by atoms with Crippen molar-refractivity contribution >= 4 is 28.1 Å². The maximum absolute atomic E-state index is 11.6. The Labute approximate surface area is 155 Å². The molecule has 0 fully saturated rings. The number of rotatable bonds is 8. The second kappa shape index (κ2) is 8.33. The van der Waals surface area contributed by atoms with Crippen molar-refractivity contribution < 1.29 is 13.2 Å². The van der Waals surface area contributed by atoms with Crippen LogP contribution in [0.4, 0.5) is 0 Å². The van der Waals surface area contributed by atoms with Gasteiger partial charge in [-0.15, -0.1) is 17.5 Å². The van der Waals surface area contributed by atoms with Gasteiger partial charge in [-0.25, -0.2) is 23.1 Å². The van der Waals surface area contributed by atoms with Crippen LogP contribution >= 0.6 is 12.4 Å². The summed E-state index contributed by atoms with van der Waals surface area (Å²) in [5.74, 6) is 0.624. The van der Waals surface area contributed by atoms with Crippen molar-refractivity contribution in [2.75, 3.05) is 12.4 Å². The SMILES string of the molecule is CCC(CC)(COc1nn2ccnc2cc1C(C)C)CS(N)(=O)=O.Cl. The highest BCUT2D eigenvalue weighted by Crippen LogP contribution is 2.31. The fraction of sp³-hybridized carbons (Fsp3) is 0.625. The summed E-state index contributed by atoms with van der Waals surface area (Å²) >= 11 is 0. The minimum Gasteiger partial charge on any atom is -0.476 e. The third-order valence-electron chi connectivity index (χ3n) is 4.52. The number of aromatic nitrogens is 3. The van der Waals surface area contributed by atoms with E-state index in [4.69, 9.17) is 9.88 Å². The summed E-state index contributed by atoms with van der Waals surface area (Å²) in [7, 11) is -3.58. The minimum absolute atomic E-state index is 0. The van der Waals surface area contributed by atoms with Crippen LogP contribution in [0.2, 0.25) is 0 Å². The molecule has 7 nitrogen and oxygen atoms in total. The van der Waals surface area contributed by atoms with Gasteiger partial charge in [0.15, 0.2) is 5.65 Å². The summed E-state index contributed by atoms with van der Waals surface area (Å²) in [6.45, 7) is 8.27. The molecule has 2 heterocycles. The Morgan fingerprint density at radius 1 is 1.32 bits per heavy atom. The third-order valence-corrected chi connectivity index (χ3v) is 5.54. The monoisotopic (exact) mass is 390 g/mol. The zero-order chi connectivity index (χ0) is 18.0. The molecule has 0 atom stereocenters. The van der Waals surface area contributed by atoms with E-state index in [1.54, 1.807) is 16.9 Å². The van der Waals surface area contributed by atoms with Gasteiger partial charge in [0.2, 0.25) is 15.9 Å². The van der Waals surface area contributed by atoms with E-state index in [0.29, 0.717) is 18.7 Å². The lowest BCUT2D eigenvalue weighted by atomic mass is 9.85. The van der Waals surface area contributed by atoms with E-state index in [-0.39, 0.29) is 30.7 Å². The number of primary sulfonamides is 1. The first-order chi connectivity index (χ1) is 11.2. The molecule has 0 aliphatic carbocycles. The van der Waals surface area contributed by atoms with Crippen LogP contribution in [-0.4, -0.2) is 35.4 Å². The van der Waals surface area contributed by atoms with Gasteiger partial charge in [0.05, 0.1) is 12.4 Å². The highest BCUT2D eigenvalue weighted by molar-refractivity contribution is 7.89. The van der Waals surface area contributed by atoms with Crippen LogP contribution in [0.15, 0.2) is 18.5 Å². The summed E-state index contributed by atoms with van der Waals surface area (Å²) in [6.07, 6.45) is 4.75. The molecule has 0 aliphatic rings. The number of nitrogens with zero attached hydrogens (tertiary/aromatic N) is 3. The fourth-order valence-corrected chi connectivity index (χ4v) is 4.07. The molecule has 2 N–H and O–H groups in total. The molecular weight excluding hydrogens is 364 g/mol. The molecule has 0 spiro atoms. The van der Waals surface area contributed by atoms with Crippen molar-refractivity contribution in [3.8, 4) is 5.88 Å². The maximum atomic E-state index is 11.6. The lowest BCUT2D eigenvalue weighted by molar-refractivity contribution is 0.147. The second-order valence-electron chi connectivity index (χ2n) is 6.59. The highest BCUT2D eigenvalue weighted by Gasteiger charge is 2.32. The van der Waals surface area contributed by atoms with Gasteiger partial charge in [-0.05, 0) is 24.8 Å². The minimum atomic E-state index is -3.58. The van der Waals surface area contributed by atoms with Crippen molar-refractivity contribution in [1.29, 1.82) is 0 Å². The zero-order valence-corrected chi connectivity index (χ0v) is 16.7. The Hall–Kier alpha value is -1.38. The number of hydrogen-bond donors (Lipinski definition) is 1. The van der Waals surface area contributed by atoms with Crippen LogP contribution in [0.1, 0.15) is 52.0 Å². The molecule has 9 heteroatoms. The van der Waals surface area contributed by atoms with Gasteiger partial charge >= 0.3 is 0 Å². The number of fused-ring (bicyclic) bond motifs is 1. The molecule has 0 aromatic carbocycles. The van der Waals surface area contributed by atoms with Crippen LogP contribution in [0.3, 0.4) is 0 Å². The number of hydrogen-bond acceptors (Lipinski definition) is 5. The quantitative estimate of drug-likeness (QED) is 0.746. The predicted molar refractivity (Wildman–Crippen MR) is 101 cm³/mol. The molecule has 0 bridgehead atoms. The zero-order valence-electron chi connectivity index (χ0n) is 15.1. The molecule has 0 saturated carbocycles. The number of ether oxygens (including phenoxy) is 1. The van der Waals surface area contributed by atoms with Crippen molar-refractivity contribution in [3.05, 3.63) is 24.0 Å². The molecule has 142 valence electrons. The van der Waals surface area contributed by atoms with Crippen LogP contribution in [0, 0.1) is 5.41 Å². The molecule has 0 radical (unpaired) electrons. The van der Waals surface area contributed by atoms with E-state index in [2.05, 4.69) is 23.9 Å². The number of halogens is 1. The molecule has 0 unspecified atom stereocenters. The Morgan fingerprint density at radius 3 is 2.48 bits per heavy atom. The molecule has 2 aromatic rings. The summed E-state index contributed by atoms with van der Waals surface area (Å²) in [4.78, 5) is 4.24. The Bertz CT molecular complexity index is 801. The van der Waals surface area contributed by atoms with Gasteiger partial charge in [-0.1, -0.05) is 27.7 Å². The number of nitrogens with two attached hydrogens (primary N) is 1. The van der Waals surface area contributed by atoms with Gasteiger partial charge in [0.25, 0.3) is 0 Å². The van der Waals surface area contributed by atoms with E-state index in [1.165, 1.54) is 0 Å². The van der Waals surface area contributed by atoms with E-state index >= 15 is 0 Å². The van der Waals surface area contributed by atoms with Crippen LogP contribution in [-0.2, 0) is 10.0 Å². The Balaban J connectivity index is 0.00000312. The predicted octanol–water partition coefficient (Wildman–Crippen LogP) is 2.75. The van der Waals surface area contributed by atoms with E-state index in [9.17, 15) is 8.42 Å². The van der Waals surface area contributed by atoms with Gasteiger partial charge in [-0.2, -0.15) is 0 Å². The molecular formula is C16H27ClN4O3S. The second-order valence-corrected chi connectivity index (χ2v) is 8.21. The first-order valence-corrected chi connectivity index (χ1v) is 9.89. The highest BCUT2D eigenvalue weighted by atomic mass is 35.5. The largest absolute Gasteiger partial charge is 0.476 e. The van der Waals surface area contributed by atoms with Gasteiger partial charge in [-0.3, -0.25) is 0 Å². The van der Waals surface area contributed by atoms with Crippen molar-refractivity contribution in [1.82, 2.24) is 14.6 Å². The lowest BCUT2D eigenvalue weighted by Gasteiger charge is -2.30. The van der Waals surface area contributed by atoms with Gasteiger partial charge in [0.1, 0.15) is 0 Å². The summed E-state index contributed by atoms with van der Waals surface area (Å²) in [6, 6.07) is 1.95. The topological polar surface area (TPSA) is 99.6 Å². The lowest BCUT2D eigenvalue weighted by Crippen LogP contribution is -2.38. The van der Waals surface area contributed by atoms with Gasteiger partial charge in [0, 0.05) is 23.4 Å². The van der Waals surface area contributed by atoms with Crippen molar-refractivity contribution in [2.45, 2.75) is 46.5 Å². The molecule has 2 aromatic heterocycles. The maximum Gasteiger partial charge on any atom is 0.235 e. The fourth-order valence-electron chi connectivity index (χ4n) is 2.73. The van der Waals surface area contributed by atoms with Crippen LogP contribution in [0.25, 0.3) is 5.65 Å².